The maximum atomic E-state index is 13.1. The van der Waals surface area contributed by atoms with Crippen molar-refractivity contribution >= 4 is 35.6 Å². The predicted molar refractivity (Wildman–Crippen MR) is 134 cm³/mol. The smallest absolute Gasteiger partial charge is 0.326 e. The monoisotopic (exact) mass is 514 g/mol. The normalized spacial score (nSPS) is 15.1. The number of aliphatic imine (C=N–C) groups is 1. The molecule has 206 valence electrons. The molecule has 0 aromatic rings. The van der Waals surface area contributed by atoms with Crippen LogP contribution in [0.3, 0.4) is 0 Å². The van der Waals surface area contributed by atoms with Crippen molar-refractivity contribution in [1.29, 1.82) is 0 Å². The molecule has 5 unspecified atom stereocenters. The highest BCUT2D eigenvalue weighted by Gasteiger charge is 2.32. The maximum Gasteiger partial charge on any atom is 0.326 e. The molecule has 0 saturated heterocycles. The summed E-state index contributed by atoms with van der Waals surface area (Å²) < 4.78 is 0. The summed E-state index contributed by atoms with van der Waals surface area (Å²) in [5, 5.41) is 16.8. The first-order valence-electron chi connectivity index (χ1n) is 11.9. The standard InChI is InChI=1S/C22H42N8O6/c1-5-12(4)17(21(35)36)30-20(34)15(10-16(24)31)29-19(33)14(7-6-8-27-22(25)26)28-18(32)13(23)9-11(2)3/h11-15,17H,5-10,23H2,1-4H3,(H2,24,31)(H,28,32)(H,29,33)(H,30,34)(H,35,36)(H4,25,26,27). The summed E-state index contributed by atoms with van der Waals surface area (Å²) in [5.74, 6) is -4.80. The second kappa shape index (κ2) is 16.3. The number of rotatable bonds is 17. The third kappa shape index (κ3) is 12.9. The van der Waals surface area contributed by atoms with Crippen LogP contribution in [0.1, 0.15) is 59.8 Å². The van der Waals surface area contributed by atoms with E-state index >= 15 is 0 Å². The van der Waals surface area contributed by atoms with Crippen molar-refractivity contribution in [3.05, 3.63) is 0 Å². The number of guanidine groups is 1. The van der Waals surface area contributed by atoms with Crippen molar-refractivity contribution < 1.29 is 29.1 Å². The topological polar surface area (TPSA) is 258 Å². The van der Waals surface area contributed by atoms with Crippen LogP contribution in [0.15, 0.2) is 4.99 Å². The van der Waals surface area contributed by atoms with E-state index in [1.54, 1.807) is 13.8 Å². The van der Waals surface area contributed by atoms with E-state index in [4.69, 9.17) is 22.9 Å². The first-order valence-corrected chi connectivity index (χ1v) is 11.9. The molecule has 14 nitrogen and oxygen atoms in total. The molecule has 36 heavy (non-hydrogen) atoms. The third-order valence-corrected chi connectivity index (χ3v) is 5.46. The summed E-state index contributed by atoms with van der Waals surface area (Å²) in [7, 11) is 0. The minimum Gasteiger partial charge on any atom is -0.480 e. The quantitative estimate of drug-likeness (QED) is 0.0598. The first kappa shape index (κ1) is 32.6. The summed E-state index contributed by atoms with van der Waals surface area (Å²) in [5.41, 5.74) is 21.8. The molecule has 0 aliphatic rings. The van der Waals surface area contributed by atoms with Gasteiger partial charge in [0.2, 0.25) is 23.6 Å². The number of carbonyl (C=O) groups is 5. The molecule has 0 aliphatic carbocycles. The molecular formula is C22H42N8O6. The fraction of sp³-hybridized carbons (Fsp3) is 0.727. The van der Waals surface area contributed by atoms with Gasteiger partial charge in [0.05, 0.1) is 12.5 Å². The highest BCUT2D eigenvalue weighted by atomic mass is 16.4. The van der Waals surface area contributed by atoms with Gasteiger partial charge < -0.3 is 44.0 Å². The van der Waals surface area contributed by atoms with Gasteiger partial charge in [0.15, 0.2) is 5.96 Å². The molecule has 0 aromatic carbocycles. The van der Waals surface area contributed by atoms with Crippen LogP contribution >= 0.6 is 0 Å². The van der Waals surface area contributed by atoms with Crippen LogP contribution in [0.2, 0.25) is 0 Å². The molecule has 14 heteroatoms. The molecule has 0 spiro atoms. The molecule has 0 aromatic heterocycles. The lowest BCUT2D eigenvalue weighted by Crippen LogP contribution is -2.58. The molecule has 12 N–H and O–H groups in total. The summed E-state index contributed by atoms with van der Waals surface area (Å²) in [6, 6.07) is -4.69. The minimum absolute atomic E-state index is 0.0955. The Hall–Kier alpha value is -3.42. The molecule has 0 bridgehead atoms. The van der Waals surface area contributed by atoms with Crippen molar-refractivity contribution in [2.45, 2.75) is 84.0 Å². The fourth-order valence-corrected chi connectivity index (χ4v) is 3.29. The Morgan fingerprint density at radius 2 is 1.44 bits per heavy atom. The number of primary amides is 1. The van der Waals surface area contributed by atoms with Gasteiger partial charge in [-0.1, -0.05) is 34.1 Å². The first-order chi connectivity index (χ1) is 16.7. The molecule has 0 radical (unpaired) electrons. The van der Waals surface area contributed by atoms with E-state index in [9.17, 15) is 29.1 Å². The number of hydrogen-bond donors (Lipinski definition) is 8. The number of hydrogen-bond acceptors (Lipinski definition) is 7. The number of carboxylic acid groups (broad SMARTS) is 1. The average Bonchev–Trinajstić information content (AvgIpc) is 2.76. The van der Waals surface area contributed by atoms with E-state index in [1.165, 1.54) is 0 Å². The number of carboxylic acids is 1. The molecule has 0 heterocycles. The second-order valence-corrected chi connectivity index (χ2v) is 9.19. The summed E-state index contributed by atoms with van der Waals surface area (Å²) in [4.78, 5) is 65.4. The van der Waals surface area contributed by atoms with E-state index in [2.05, 4.69) is 20.9 Å². The Labute approximate surface area is 211 Å². The Bertz CT molecular complexity index is 799. The highest BCUT2D eigenvalue weighted by Crippen LogP contribution is 2.09. The Morgan fingerprint density at radius 3 is 1.92 bits per heavy atom. The van der Waals surface area contributed by atoms with Crippen molar-refractivity contribution in [2.75, 3.05) is 6.54 Å². The number of carbonyl (C=O) groups excluding carboxylic acids is 4. The van der Waals surface area contributed by atoms with Gasteiger partial charge >= 0.3 is 5.97 Å². The average molecular weight is 515 g/mol. The lowest BCUT2D eigenvalue weighted by molar-refractivity contribution is -0.144. The lowest BCUT2D eigenvalue weighted by Gasteiger charge is -2.26. The number of nitrogens with zero attached hydrogens (tertiary/aromatic N) is 1. The van der Waals surface area contributed by atoms with E-state index in [-0.39, 0.29) is 24.8 Å². The van der Waals surface area contributed by atoms with Crippen LogP contribution in [0.5, 0.6) is 0 Å². The zero-order valence-corrected chi connectivity index (χ0v) is 21.5. The predicted octanol–water partition coefficient (Wildman–Crippen LogP) is -2.13. The molecule has 0 fully saturated rings. The van der Waals surface area contributed by atoms with Crippen LogP contribution in [-0.2, 0) is 24.0 Å². The van der Waals surface area contributed by atoms with Gasteiger partial charge in [0.25, 0.3) is 0 Å². The molecule has 0 aliphatic heterocycles. The maximum absolute atomic E-state index is 13.1. The summed E-state index contributed by atoms with van der Waals surface area (Å²) in [6.07, 6.45) is 0.666. The second-order valence-electron chi connectivity index (χ2n) is 9.19. The fourth-order valence-electron chi connectivity index (χ4n) is 3.29. The van der Waals surface area contributed by atoms with Gasteiger partial charge in [-0.25, -0.2) is 4.79 Å². The number of aliphatic carboxylic acids is 1. The SMILES string of the molecule is CCC(C)C(NC(=O)C(CC(N)=O)NC(=O)C(CCCN=C(N)N)NC(=O)C(N)CC(C)C)C(=O)O. The number of amides is 4. The minimum atomic E-state index is -1.46. The van der Waals surface area contributed by atoms with Crippen LogP contribution in [0, 0.1) is 11.8 Å². The van der Waals surface area contributed by atoms with Crippen molar-refractivity contribution in [3.63, 3.8) is 0 Å². The summed E-state index contributed by atoms with van der Waals surface area (Å²) >= 11 is 0. The van der Waals surface area contributed by atoms with Crippen molar-refractivity contribution in [2.24, 2.45) is 39.8 Å². The van der Waals surface area contributed by atoms with Gasteiger partial charge in [-0.2, -0.15) is 0 Å². The third-order valence-electron chi connectivity index (χ3n) is 5.46. The van der Waals surface area contributed by atoms with E-state index in [0.717, 1.165) is 0 Å². The van der Waals surface area contributed by atoms with Gasteiger partial charge in [-0.15, -0.1) is 0 Å². The van der Waals surface area contributed by atoms with Crippen LogP contribution < -0.4 is 38.9 Å². The van der Waals surface area contributed by atoms with E-state index in [0.29, 0.717) is 19.3 Å². The lowest BCUT2D eigenvalue weighted by atomic mass is 9.98. The number of nitrogens with one attached hydrogen (secondary N) is 3. The molecule has 4 amide bonds. The van der Waals surface area contributed by atoms with Crippen LogP contribution in [0.4, 0.5) is 0 Å². The molecule has 0 saturated carbocycles. The molecule has 5 atom stereocenters. The van der Waals surface area contributed by atoms with Crippen LogP contribution in [-0.4, -0.2) is 71.4 Å². The Balaban J connectivity index is 5.67. The highest BCUT2D eigenvalue weighted by molar-refractivity contribution is 5.96. The van der Waals surface area contributed by atoms with Crippen LogP contribution in [0.25, 0.3) is 0 Å². The Morgan fingerprint density at radius 1 is 0.889 bits per heavy atom. The van der Waals surface area contributed by atoms with Crippen molar-refractivity contribution in [3.8, 4) is 0 Å². The molecule has 0 rings (SSSR count). The summed E-state index contributed by atoms with van der Waals surface area (Å²) in [6.45, 7) is 7.37. The van der Waals surface area contributed by atoms with E-state index < -0.39 is 66.1 Å². The van der Waals surface area contributed by atoms with Gasteiger partial charge in [-0.05, 0) is 31.1 Å². The molecular weight excluding hydrogens is 472 g/mol. The van der Waals surface area contributed by atoms with Gasteiger partial charge in [0, 0.05) is 6.54 Å². The largest absolute Gasteiger partial charge is 0.480 e. The zero-order chi connectivity index (χ0) is 28.0. The zero-order valence-electron chi connectivity index (χ0n) is 21.5. The number of nitrogens with two attached hydrogens (primary N) is 4. The van der Waals surface area contributed by atoms with Gasteiger partial charge in [-0.3, -0.25) is 24.2 Å². The van der Waals surface area contributed by atoms with E-state index in [1.807, 2.05) is 13.8 Å². The van der Waals surface area contributed by atoms with Crippen molar-refractivity contribution in [1.82, 2.24) is 16.0 Å². The van der Waals surface area contributed by atoms with Gasteiger partial charge in [0.1, 0.15) is 18.1 Å². The Kier molecular flexibility index (Phi) is 14.7.